The highest BCUT2D eigenvalue weighted by atomic mass is 19.2. The standard InChI is InChI=1S/C29H35F3O2/c1-3-34-24-15-17-25(27(30)18-24)20-7-4-19(5-8-20)6-9-22-12-16-26(29(32)28(22)31)21-10-13-23(33-2)14-11-21/h10,12,15-20,23H,3-9,11,13-14H2,1-2H3. The van der Waals surface area contributed by atoms with Gasteiger partial charge >= 0.3 is 0 Å². The molecule has 1 saturated carbocycles. The number of allylic oxidation sites excluding steroid dienone is 1. The Balaban J connectivity index is 1.32. The first-order valence-corrected chi connectivity index (χ1v) is 12.6. The van der Waals surface area contributed by atoms with Crippen LogP contribution in [0.2, 0.25) is 0 Å². The quantitative estimate of drug-likeness (QED) is 0.388. The van der Waals surface area contributed by atoms with E-state index < -0.39 is 11.6 Å². The minimum absolute atomic E-state index is 0.164. The lowest BCUT2D eigenvalue weighted by Gasteiger charge is -2.29. The molecule has 0 saturated heterocycles. The summed E-state index contributed by atoms with van der Waals surface area (Å²) in [5.74, 6) is -0.403. The average Bonchev–Trinajstić information content (AvgIpc) is 2.86. The van der Waals surface area contributed by atoms with E-state index in [0.717, 1.165) is 56.1 Å². The van der Waals surface area contributed by atoms with Gasteiger partial charge in [-0.1, -0.05) is 24.3 Å². The van der Waals surface area contributed by atoms with Crippen LogP contribution in [0.15, 0.2) is 36.4 Å². The Morgan fingerprint density at radius 3 is 2.38 bits per heavy atom. The minimum atomic E-state index is -0.728. The molecule has 34 heavy (non-hydrogen) atoms. The summed E-state index contributed by atoms with van der Waals surface area (Å²) in [5, 5.41) is 0. The number of benzene rings is 2. The van der Waals surface area contributed by atoms with Gasteiger partial charge in [-0.15, -0.1) is 0 Å². The fourth-order valence-electron chi connectivity index (χ4n) is 5.52. The van der Waals surface area contributed by atoms with E-state index in [4.69, 9.17) is 9.47 Å². The molecule has 184 valence electrons. The zero-order valence-corrected chi connectivity index (χ0v) is 20.2. The number of halogens is 3. The molecule has 0 heterocycles. The van der Waals surface area contributed by atoms with Gasteiger partial charge in [0.25, 0.3) is 0 Å². The topological polar surface area (TPSA) is 18.5 Å². The maximum atomic E-state index is 14.9. The maximum Gasteiger partial charge on any atom is 0.166 e. The van der Waals surface area contributed by atoms with E-state index in [1.807, 2.05) is 25.1 Å². The van der Waals surface area contributed by atoms with Crippen LogP contribution < -0.4 is 4.74 Å². The fourth-order valence-corrected chi connectivity index (χ4v) is 5.52. The van der Waals surface area contributed by atoms with E-state index in [0.29, 0.717) is 42.2 Å². The number of hydrogen-bond acceptors (Lipinski definition) is 2. The minimum Gasteiger partial charge on any atom is -0.494 e. The average molecular weight is 473 g/mol. The predicted octanol–water partition coefficient (Wildman–Crippen LogP) is 7.99. The lowest BCUT2D eigenvalue weighted by atomic mass is 9.76. The second-order valence-corrected chi connectivity index (χ2v) is 9.63. The third-order valence-electron chi connectivity index (χ3n) is 7.60. The van der Waals surface area contributed by atoms with Crippen molar-refractivity contribution in [2.45, 2.75) is 76.7 Å². The van der Waals surface area contributed by atoms with Crippen LogP contribution in [-0.4, -0.2) is 19.8 Å². The molecule has 0 spiro atoms. The highest BCUT2D eigenvalue weighted by molar-refractivity contribution is 5.67. The molecule has 1 atom stereocenters. The Morgan fingerprint density at radius 2 is 1.74 bits per heavy atom. The van der Waals surface area contributed by atoms with Gasteiger partial charge in [0.1, 0.15) is 11.6 Å². The van der Waals surface area contributed by atoms with Crippen LogP contribution in [-0.2, 0) is 11.2 Å². The summed E-state index contributed by atoms with van der Waals surface area (Å²) in [6.07, 6.45) is 9.55. The summed E-state index contributed by atoms with van der Waals surface area (Å²) < 4.78 is 55.0. The molecule has 1 unspecified atom stereocenters. The molecular weight excluding hydrogens is 437 g/mol. The molecule has 0 radical (unpaired) electrons. The predicted molar refractivity (Wildman–Crippen MR) is 130 cm³/mol. The smallest absolute Gasteiger partial charge is 0.166 e. The summed E-state index contributed by atoms with van der Waals surface area (Å²) in [6, 6.07) is 8.65. The molecule has 4 rings (SSSR count). The van der Waals surface area contributed by atoms with Crippen molar-refractivity contribution in [2.24, 2.45) is 5.92 Å². The Kier molecular flexibility index (Phi) is 8.36. The number of aryl methyl sites for hydroxylation is 1. The molecule has 2 nitrogen and oxygen atoms in total. The third-order valence-corrected chi connectivity index (χ3v) is 7.60. The van der Waals surface area contributed by atoms with Crippen LogP contribution in [0.4, 0.5) is 13.2 Å². The van der Waals surface area contributed by atoms with Crippen LogP contribution in [0.25, 0.3) is 5.57 Å². The summed E-state index contributed by atoms with van der Waals surface area (Å²) in [5.41, 5.74) is 2.47. The van der Waals surface area contributed by atoms with Crippen molar-refractivity contribution < 1.29 is 22.6 Å². The first-order valence-electron chi connectivity index (χ1n) is 12.6. The summed E-state index contributed by atoms with van der Waals surface area (Å²) in [4.78, 5) is 0. The van der Waals surface area contributed by atoms with Crippen molar-refractivity contribution in [1.82, 2.24) is 0 Å². The van der Waals surface area contributed by atoms with Gasteiger partial charge in [-0.05, 0) is 99.3 Å². The monoisotopic (exact) mass is 472 g/mol. The van der Waals surface area contributed by atoms with Crippen molar-refractivity contribution in [3.05, 3.63) is 70.5 Å². The summed E-state index contributed by atoms with van der Waals surface area (Å²) >= 11 is 0. The van der Waals surface area contributed by atoms with E-state index in [9.17, 15) is 13.2 Å². The normalized spacial score (nSPS) is 23.0. The van der Waals surface area contributed by atoms with Gasteiger partial charge < -0.3 is 9.47 Å². The zero-order valence-electron chi connectivity index (χ0n) is 20.2. The second-order valence-electron chi connectivity index (χ2n) is 9.63. The maximum absolute atomic E-state index is 14.9. The molecule has 2 aromatic rings. The molecule has 0 bridgehead atoms. The summed E-state index contributed by atoms with van der Waals surface area (Å²) in [7, 11) is 1.68. The molecule has 0 N–H and O–H groups in total. The Hall–Kier alpha value is -2.27. The largest absolute Gasteiger partial charge is 0.494 e. The van der Waals surface area contributed by atoms with Crippen molar-refractivity contribution >= 4 is 5.57 Å². The third kappa shape index (κ3) is 5.68. The van der Waals surface area contributed by atoms with E-state index in [1.54, 1.807) is 19.2 Å². The molecular formula is C29H35F3O2. The van der Waals surface area contributed by atoms with E-state index in [2.05, 4.69) is 0 Å². The highest BCUT2D eigenvalue weighted by Gasteiger charge is 2.25. The number of methoxy groups -OCH3 is 1. The van der Waals surface area contributed by atoms with Crippen molar-refractivity contribution in [3.8, 4) is 5.75 Å². The van der Waals surface area contributed by atoms with Gasteiger partial charge in [0, 0.05) is 18.7 Å². The van der Waals surface area contributed by atoms with Gasteiger partial charge in [-0.25, -0.2) is 13.2 Å². The van der Waals surface area contributed by atoms with Crippen LogP contribution in [0.1, 0.15) is 80.9 Å². The Labute approximate surface area is 201 Å². The first kappa shape index (κ1) is 24.8. The Bertz CT molecular complexity index is 1010. The SMILES string of the molecule is CCOc1ccc(C2CCC(CCc3ccc(C4=CCC(OC)CC4)c(F)c3F)CC2)c(F)c1. The van der Waals surface area contributed by atoms with Gasteiger partial charge in [-0.2, -0.15) is 0 Å². The number of hydrogen-bond donors (Lipinski definition) is 0. The van der Waals surface area contributed by atoms with Gasteiger partial charge in [0.15, 0.2) is 11.6 Å². The highest BCUT2D eigenvalue weighted by Crippen LogP contribution is 2.39. The number of ether oxygens (including phenoxy) is 2. The molecule has 2 aromatic carbocycles. The van der Waals surface area contributed by atoms with Crippen LogP contribution >= 0.6 is 0 Å². The molecule has 2 aliphatic carbocycles. The molecule has 2 aliphatic rings. The zero-order chi connectivity index (χ0) is 24.1. The van der Waals surface area contributed by atoms with Crippen LogP contribution in [0.5, 0.6) is 5.75 Å². The van der Waals surface area contributed by atoms with E-state index >= 15 is 0 Å². The first-order chi connectivity index (χ1) is 16.5. The second kappa shape index (κ2) is 11.4. The van der Waals surface area contributed by atoms with Crippen molar-refractivity contribution in [2.75, 3.05) is 13.7 Å². The van der Waals surface area contributed by atoms with Crippen LogP contribution in [0.3, 0.4) is 0 Å². The fraction of sp³-hybridized carbons (Fsp3) is 0.517. The van der Waals surface area contributed by atoms with Crippen LogP contribution in [0, 0.1) is 23.4 Å². The van der Waals surface area contributed by atoms with Gasteiger partial charge in [0.05, 0.1) is 12.7 Å². The Morgan fingerprint density at radius 1 is 0.941 bits per heavy atom. The molecule has 5 heteroatoms. The van der Waals surface area contributed by atoms with E-state index in [-0.39, 0.29) is 17.8 Å². The van der Waals surface area contributed by atoms with Crippen molar-refractivity contribution in [3.63, 3.8) is 0 Å². The van der Waals surface area contributed by atoms with Gasteiger partial charge in [-0.3, -0.25) is 0 Å². The molecule has 0 aromatic heterocycles. The molecule has 0 aliphatic heterocycles. The van der Waals surface area contributed by atoms with Crippen molar-refractivity contribution in [1.29, 1.82) is 0 Å². The lowest BCUT2D eigenvalue weighted by molar-refractivity contribution is 0.0964. The molecule has 1 fully saturated rings. The number of rotatable bonds is 8. The van der Waals surface area contributed by atoms with Gasteiger partial charge in [0.2, 0.25) is 0 Å². The lowest BCUT2D eigenvalue weighted by Crippen LogP contribution is -2.15. The molecule has 0 amide bonds. The summed E-state index contributed by atoms with van der Waals surface area (Å²) in [6.45, 7) is 2.40. The van der Waals surface area contributed by atoms with E-state index in [1.165, 1.54) is 6.07 Å².